The molecule has 8 heteroatoms. The summed E-state index contributed by atoms with van der Waals surface area (Å²) in [4.78, 5) is 13.0. The molecule has 1 N–H and O–H groups in total. The molecule has 0 atom stereocenters. The highest BCUT2D eigenvalue weighted by molar-refractivity contribution is 7.89. The van der Waals surface area contributed by atoms with Gasteiger partial charge in [-0.1, -0.05) is 17.7 Å². The van der Waals surface area contributed by atoms with Gasteiger partial charge in [-0.05, 0) is 38.0 Å². The number of rotatable bonds is 7. The Labute approximate surface area is 158 Å². The Bertz CT molecular complexity index is 881. The number of anilines is 1. The molecule has 0 fully saturated rings. The molecule has 0 saturated heterocycles. The van der Waals surface area contributed by atoms with Gasteiger partial charge in [0.05, 0.1) is 16.4 Å². The first-order chi connectivity index (χ1) is 12.2. The molecule has 0 aliphatic carbocycles. The molecule has 1 aromatic heterocycles. The third-order valence-electron chi connectivity index (χ3n) is 4.03. The second-order valence-corrected chi connectivity index (χ2v) is 9.15. The van der Waals surface area contributed by atoms with Crippen molar-refractivity contribution in [2.45, 2.75) is 25.7 Å². The molecule has 1 heterocycles. The fourth-order valence-corrected chi connectivity index (χ4v) is 4.96. The van der Waals surface area contributed by atoms with Crippen molar-refractivity contribution in [3.63, 3.8) is 0 Å². The molecule has 1 amide bonds. The number of nitrogens with one attached hydrogen (secondary N) is 1. The van der Waals surface area contributed by atoms with Crippen LogP contribution in [0.1, 0.15) is 26.4 Å². The van der Waals surface area contributed by atoms with Crippen molar-refractivity contribution in [2.75, 3.05) is 32.6 Å². The third kappa shape index (κ3) is 4.50. The normalized spacial score (nSPS) is 11.8. The Morgan fingerprint density at radius 2 is 1.81 bits per heavy atom. The van der Waals surface area contributed by atoms with Crippen LogP contribution >= 0.6 is 11.3 Å². The van der Waals surface area contributed by atoms with Gasteiger partial charge in [-0.15, -0.1) is 11.3 Å². The van der Waals surface area contributed by atoms with E-state index in [9.17, 15) is 13.2 Å². The van der Waals surface area contributed by atoms with Crippen LogP contribution in [-0.4, -0.2) is 45.9 Å². The fraction of sp³-hybridized carbons (Fsp3) is 0.389. The minimum atomic E-state index is -3.63. The number of thiophene rings is 1. The summed E-state index contributed by atoms with van der Waals surface area (Å²) in [6.07, 6.45) is 0. The Morgan fingerprint density at radius 3 is 2.38 bits per heavy atom. The van der Waals surface area contributed by atoms with Crippen molar-refractivity contribution in [3.8, 4) is 0 Å². The first kappa shape index (κ1) is 20.6. The number of nitrogens with zero attached hydrogens (tertiary/aromatic N) is 1. The monoisotopic (exact) mass is 396 g/mol. The first-order valence-corrected chi connectivity index (χ1v) is 10.4. The van der Waals surface area contributed by atoms with E-state index >= 15 is 0 Å². The number of hydrogen-bond acceptors (Lipinski definition) is 5. The smallest absolute Gasteiger partial charge is 0.265 e. The van der Waals surface area contributed by atoms with E-state index in [0.717, 1.165) is 33.7 Å². The Balaban J connectivity index is 2.21. The minimum absolute atomic E-state index is 0.114. The maximum Gasteiger partial charge on any atom is 0.265 e. The summed E-state index contributed by atoms with van der Waals surface area (Å²) in [6.45, 7) is 6.43. The lowest BCUT2D eigenvalue weighted by Gasteiger charge is -2.15. The van der Waals surface area contributed by atoms with E-state index in [4.69, 9.17) is 4.74 Å². The summed E-state index contributed by atoms with van der Waals surface area (Å²) in [5.41, 5.74) is 3.83. The number of likely N-dealkylation sites (N-methyl/N-ethyl adjacent to an activating group) is 1. The van der Waals surface area contributed by atoms with Gasteiger partial charge in [0.2, 0.25) is 10.0 Å². The van der Waals surface area contributed by atoms with Gasteiger partial charge in [0.1, 0.15) is 0 Å². The zero-order valence-electron chi connectivity index (χ0n) is 15.6. The van der Waals surface area contributed by atoms with Crippen LogP contribution in [0.25, 0.3) is 0 Å². The maximum absolute atomic E-state index is 12.6. The quantitative estimate of drug-likeness (QED) is 0.780. The summed E-state index contributed by atoms with van der Waals surface area (Å²) >= 11 is 1.11. The summed E-state index contributed by atoms with van der Waals surface area (Å²) in [5, 5.41) is 4.38. The van der Waals surface area contributed by atoms with Crippen LogP contribution in [-0.2, 0) is 14.8 Å². The Hall–Kier alpha value is -1.74. The van der Waals surface area contributed by atoms with Crippen LogP contribution in [0.3, 0.4) is 0 Å². The highest BCUT2D eigenvalue weighted by Gasteiger charge is 2.23. The van der Waals surface area contributed by atoms with Gasteiger partial charge in [0, 0.05) is 31.8 Å². The predicted octanol–water partition coefficient (Wildman–Crippen LogP) is 3.19. The fourth-order valence-electron chi connectivity index (χ4n) is 2.65. The molecule has 142 valence electrons. The van der Waals surface area contributed by atoms with Gasteiger partial charge in [-0.3, -0.25) is 4.79 Å². The zero-order valence-corrected chi connectivity index (χ0v) is 17.3. The molecule has 0 aliphatic rings. The van der Waals surface area contributed by atoms with Crippen LogP contribution in [0.15, 0.2) is 28.5 Å². The van der Waals surface area contributed by atoms with Gasteiger partial charge in [0.15, 0.2) is 0 Å². The van der Waals surface area contributed by atoms with E-state index in [1.807, 2.05) is 32.9 Å². The van der Waals surface area contributed by atoms with Crippen molar-refractivity contribution in [1.82, 2.24) is 4.31 Å². The number of aryl methyl sites for hydroxylation is 3. The van der Waals surface area contributed by atoms with Gasteiger partial charge in [-0.2, -0.15) is 4.31 Å². The van der Waals surface area contributed by atoms with Crippen LogP contribution in [0.4, 0.5) is 5.69 Å². The zero-order chi connectivity index (χ0) is 19.5. The van der Waals surface area contributed by atoms with E-state index in [1.165, 1.54) is 29.9 Å². The van der Waals surface area contributed by atoms with Gasteiger partial charge in [0.25, 0.3) is 5.91 Å². The highest BCUT2D eigenvalue weighted by atomic mass is 32.2. The molecule has 2 aromatic rings. The van der Waals surface area contributed by atoms with Crippen molar-refractivity contribution in [3.05, 3.63) is 45.1 Å². The number of benzene rings is 1. The van der Waals surface area contributed by atoms with Gasteiger partial charge < -0.3 is 10.1 Å². The van der Waals surface area contributed by atoms with E-state index in [-0.39, 0.29) is 17.3 Å². The van der Waals surface area contributed by atoms with Crippen LogP contribution in [0.2, 0.25) is 0 Å². The number of amides is 1. The molecule has 2 rings (SSSR count). The number of ether oxygens (including phenoxy) is 1. The van der Waals surface area contributed by atoms with Gasteiger partial charge >= 0.3 is 0 Å². The van der Waals surface area contributed by atoms with E-state index < -0.39 is 10.0 Å². The summed E-state index contributed by atoms with van der Waals surface area (Å²) < 4.78 is 31.2. The standard InChI is InChI=1S/C18H24N2O4S2/c1-12-8-13(2)17(14(3)9-12)19-18(21)16-10-15(11-25-16)26(22,23)20(4)6-7-24-5/h8-11H,6-7H2,1-5H3,(H,19,21). The lowest BCUT2D eigenvalue weighted by molar-refractivity contribution is 0.103. The lowest BCUT2D eigenvalue weighted by atomic mass is 10.1. The molecule has 0 aliphatic heterocycles. The number of carbonyl (C=O) groups excluding carboxylic acids is 1. The summed E-state index contributed by atoms with van der Waals surface area (Å²) in [7, 11) is -0.628. The number of hydrogen-bond donors (Lipinski definition) is 1. The molecule has 1 aromatic carbocycles. The Morgan fingerprint density at radius 1 is 1.19 bits per heavy atom. The molecule has 26 heavy (non-hydrogen) atoms. The van der Waals surface area contributed by atoms with E-state index in [1.54, 1.807) is 0 Å². The van der Waals surface area contributed by atoms with Crippen molar-refractivity contribution in [2.24, 2.45) is 0 Å². The molecule has 0 radical (unpaired) electrons. The minimum Gasteiger partial charge on any atom is -0.383 e. The van der Waals surface area contributed by atoms with E-state index in [2.05, 4.69) is 5.32 Å². The topological polar surface area (TPSA) is 75.7 Å². The highest BCUT2D eigenvalue weighted by Crippen LogP contribution is 2.26. The SMILES string of the molecule is COCCN(C)S(=O)(=O)c1csc(C(=O)Nc2c(C)cc(C)cc2C)c1. The number of carbonyl (C=O) groups is 1. The molecule has 6 nitrogen and oxygen atoms in total. The predicted molar refractivity (Wildman–Crippen MR) is 105 cm³/mol. The molecule has 0 unspecified atom stereocenters. The van der Waals surface area contributed by atoms with Crippen molar-refractivity contribution in [1.29, 1.82) is 0 Å². The average molecular weight is 397 g/mol. The molecule has 0 bridgehead atoms. The van der Waals surface area contributed by atoms with Crippen molar-refractivity contribution >= 4 is 33.0 Å². The second-order valence-electron chi connectivity index (χ2n) is 6.19. The number of methoxy groups -OCH3 is 1. The van der Waals surface area contributed by atoms with Crippen LogP contribution < -0.4 is 5.32 Å². The summed E-state index contributed by atoms with van der Waals surface area (Å²) in [5.74, 6) is -0.314. The second kappa shape index (κ2) is 8.30. The van der Waals surface area contributed by atoms with Gasteiger partial charge in [-0.25, -0.2) is 8.42 Å². The molecule has 0 saturated carbocycles. The largest absolute Gasteiger partial charge is 0.383 e. The maximum atomic E-state index is 12.6. The lowest BCUT2D eigenvalue weighted by Crippen LogP contribution is -2.29. The van der Waals surface area contributed by atoms with Crippen LogP contribution in [0, 0.1) is 20.8 Å². The Kier molecular flexibility index (Phi) is 6.57. The first-order valence-electron chi connectivity index (χ1n) is 8.10. The van der Waals surface area contributed by atoms with Crippen LogP contribution in [0.5, 0.6) is 0 Å². The van der Waals surface area contributed by atoms with E-state index in [0.29, 0.717) is 11.5 Å². The third-order valence-corrected chi connectivity index (χ3v) is 6.95. The van der Waals surface area contributed by atoms with Crippen molar-refractivity contribution < 1.29 is 17.9 Å². The molecule has 0 spiro atoms. The average Bonchev–Trinajstić information content (AvgIpc) is 3.06. The molecular weight excluding hydrogens is 372 g/mol. The molecular formula is C18H24N2O4S2. The number of sulfonamides is 1. The summed E-state index contributed by atoms with van der Waals surface area (Å²) in [6, 6.07) is 5.41.